The predicted molar refractivity (Wildman–Crippen MR) is 350 cm³/mol. The first-order valence-corrected chi connectivity index (χ1v) is 37.9. The Morgan fingerprint density at radius 3 is 0.848 bits per heavy atom. The highest BCUT2D eigenvalue weighted by atomic mass is 32.2. The highest BCUT2D eigenvalue weighted by molar-refractivity contribution is 7.91. The molecule has 6 heterocycles. The Hall–Kier alpha value is -8.64. The summed E-state index contributed by atoms with van der Waals surface area (Å²) in [6.45, 7) is 0.637. The Labute approximate surface area is 566 Å². The summed E-state index contributed by atoms with van der Waals surface area (Å²) >= 11 is 0. The highest BCUT2D eigenvalue weighted by Gasteiger charge is 2.62. The van der Waals surface area contributed by atoms with Crippen molar-refractivity contribution in [2.45, 2.75) is 147 Å². The first kappa shape index (κ1) is 68.9. The highest BCUT2D eigenvalue weighted by Crippen LogP contribution is 2.52. The zero-order chi connectivity index (χ0) is 71.1. The largest absolute Gasteiger partial charge is 0.354 e. The van der Waals surface area contributed by atoms with Crippen LogP contribution in [0.1, 0.15) is 157 Å². The minimum absolute atomic E-state index is 0.117. The maximum atomic E-state index is 13.3. The van der Waals surface area contributed by atoms with Crippen molar-refractivity contribution in [3.8, 4) is 0 Å². The number of nitrogens with one attached hydrogen (secondary N) is 3. The molecule has 3 aromatic heterocycles. The molecule has 99 heavy (non-hydrogen) atoms. The molecule has 6 fully saturated rings. The van der Waals surface area contributed by atoms with E-state index in [0.717, 1.165) is 74.0 Å². The van der Waals surface area contributed by atoms with Gasteiger partial charge in [-0.05, 0) is 128 Å². The standard InChI is InChI=1S/3C23H23F2N3O4S/c3*1-28-11-18-21(22(28)30)17(8-14(26-18)9-19(29)15-10-23(15,24)25)27-16-6-5-13(12-3-4-12)7-20(16)33(2,31)32/h3*5-8,12,15H,3-4,9-11H2,1-2H3,(H,26,27)/t15-;;/m0../s1. The Bertz CT molecular complexity index is 4390. The van der Waals surface area contributed by atoms with Gasteiger partial charge >= 0.3 is 0 Å². The minimum Gasteiger partial charge on any atom is -0.354 e. The zero-order valence-corrected chi connectivity index (χ0v) is 57.0. The SMILES string of the molecule is CN1Cc2nc(CC(=O)C3CC3(F)F)cc(Nc3ccc(C4CC4)cc3S(C)(=O)=O)c2C1=O.CN1Cc2nc(CC(=O)C3CC3(F)F)cc(Nc3ccc(C4CC4)cc3S(C)(=O)=O)c2C1=O.CN1Cc2nc(CC(=O)[C@@H]3CC3(F)F)cc(Nc3ccc(C4CC4)cc3S(C)(=O)=O)c2C1=O. The molecule has 3 aliphatic heterocycles. The van der Waals surface area contributed by atoms with E-state index in [2.05, 4.69) is 30.9 Å². The fourth-order valence-electron chi connectivity index (χ4n) is 12.9. The number of alkyl halides is 6. The molecule has 15 rings (SSSR count). The summed E-state index contributed by atoms with van der Waals surface area (Å²) in [5.41, 5.74) is 7.65. The number of carbonyl (C=O) groups excluding carboxylic acids is 6. The number of hydrogen-bond donors (Lipinski definition) is 3. The number of aromatic nitrogens is 3. The number of nitrogens with zero attached hydrogens (tertiary/aromatic N) is 6. The number of carbonyl (C=O) groups is 6. The van der Waals surface area contributed by atoms with Gasteiger partial charge in [0, 0.05) is 78.4 Å². The summed E-state index contributed by atoms with van der Waals surface area (Å²) in [5, 5.41) is 9.20. The molecule has 3 aromatic carbocycles. The van der Waals surface area contributed by atoms with Crippen LogP contribution in [0.5, 0.6) is 0 Å². The van der Waals surface area contributed by atoms with Gasteiger partial charge < -0.3 is 30.7 Å². The van der Waals surface area contributed by atoms with Crippen LogP contribution in [-0.4, -0.2) is 148 Å². The molecule has 2 unspecified atom stereocenters. The van der Waals surface area contributed by atoms with Crippen LogP contribution in [-0.2, 0) is 82.8 Å². The van der Waals surface area contributed by atoms with Crippen LogP contribution >= 0.6 is 0 Å². The third kappa shape index (κ3) is 14.6. The minimum atomic E-state index is -3.58. The molecular weight excluding hydrogens is 1360 g/mol. The number of benzene rings is 3. The van der Waals surface area contributed by atoms with Crippen molar-refractivity contribution in [3.05, 3.63) is 140 Å². The van der Waals surface area contributed by atoms with Gasteiger partial charge in [-0.15, -0.1) is 0 Å². The lowest BCUT2D eigenvalue weighted by Crippen LogP contribution is -2.18. The van der Waals surface area contributed by atoms with Gasteiger partial charge in [-0.25, -0.2) is 51.6 Å². The summed E-state index contributed by atoms with van der Waals surface area (Å²) in [6.07, 6.45) is 7.31. The summed E-state index contributed by atoms with van der Waals surface area (Å²) in [5.74, 6) is -14.3. The molecule has 0 spiro atoms. The summed E-state index contributed by atoms with van der Waals surface area (Å²) in [4.78, 5) is 92.9. The van der Waals surface area contributed by atoms with Gasteiger partial charge in [0.25, 0.3) is 35.5 Å². The van der Waals surface area contributed by atoms with E-state index in [1.165, 1.54) is 32.9 Å². The number of Topliss-reactive ketones (excluding diaryl/α,β-unsaturated/α-hetero) is 3. The Kier molecular flexibility index (Phi) is 17.1. The van der Waals surface area contributed by atoms with E-state index in [4.69, 9.17) is 0 Å². The first-order chi connectivity index (χ1) is 46.3. The van der Waals surface area contributed by atoms with Crippen molar-refractivity contribution in [1.82, 2.24) is 29.7 Å². The number of amides is 3. The Morgan fingerprint density at radius 2 is 0.646 bits per heavy atom. The van der Waals surface area contributed by atoms with E-state index in [1.807, 2.05) is 18.2 Å². The van der Waals surface area contributed by atoms with E-state index in [9.17, 15) is 80.4 Å². The van der Waals surface area contributed by atoms with Gasteiger partial charge in [0.1, 0.15) is 17.3 Å². The summed E-state index contributed by atoms with van der Waals surface area (Å²) < 4.78 is 155. The molecular formula is C69H69F6N9O12S3. The number of pyridine rings is 3. The van der Waals surface area contributed by atoms with Crippen molar-refractivity contribution < 1.29 is 80.4 Å². The van der Waals surface area contributed by atoms with Gasteiger partial charge in [-0.1, -0.05) is 18.2 Å². The van der Waals surface area contributed by atoms with Gasteiger partial charge in [0.05, 0.1) is 137 Å². The van der Waals surface area contributed by atoms with Crippen LogP contribution in [0.4, 0.5) is 60.5 Å². The molecule has 6 saturated carbocycles. The predicted octanol–water partition coefficient (Wildman–Crippen LogP) is 10.4. The van der Waals surface area contributed by atoms with Crippen LogP contribution < -0.4 is 16.0 Å². The van der Waals surface area contributed by atoms with Crippen LogP contribution in [0, 0.1) is 17.8 Å². The molecule has 9 aliphatic rings. The van der Waals surface area contributed by atoms with E-state index < -0.39 is 102 Å². The van der Waals surface area contributed by atoms with Gasteiger partial charge in [-0.2, -0.15) is 0 Å². The molecule has 21 nitrogen and oxygen atoms in total. The number of hydrogen-bond acceptors (Lipinski definition) is 18. The smallest absolute Gasteiger partial charge is 0.258 e. The molecule has 522 valence electrons. The Morgan fingerprint density at radius 1 is 0.414 bits per heavy atom. The fourth-order valence-corrected chi connectivity index (χ4v) is 15.5. The topological polar surface area (TPSA) is 289 Å². The number of ketones is 3. The second-order valence-electron chi connectivity index (χ2n) is 27.7. The van der Waals surface area contributed by atoms with Crippen LogP contribution in [0.25, 0.3) is 0 Å². The lowest BCUT2D eigenvalue weighted by Gasteiger charge is -2.16. The Balaban J connectivity index is 0.000000133. The molecule has 0 radical (unpaired) electrons. The third-order valence-electron chi connectivity index (χ3n) is 19.2. The van der Waals surface area contributed by atoms with E-state index in [0.29, 0.717) is 69.0 Å². The second-order valence-corrected chi connectivity index (χ2v) is 33.6. The molecule has 6 aliphatic carbocycles. The van der Waals surface area contributed by atoms with Crippen molar-refractivity contribution in [3.63, 3.8) is 0 Å². The zero-order valence-electron chi connectivity index (χ0n) is 54.6. The van der Waals surface area contributed by atoms with Gasteiger partial charge in [-0.3, -0.25) is 43.7 Å². The van der Waals surface area contributed by atoms with E-state index in [1.54, 1.807) is 57.5 Å². The number of rotatable bonds is 21. The van der Waals surface area contributed by atoms with Gasteiger partial charge in [0.2, 0.25) is 0 Å². The van der Waals surface area contributed by atoms with Crippen molar-refractivity contribution >= 4 is 98.7 Å². The first-order valence-electron chi connectivity index (χ1n) is 32.2. The van der Waals surface area contributed by atoms with Crippen molar-refractivity contribution in [2.24, 2.45) is 17.8 Å². The van der Waals surface area contributed by atoms with E-state index in [-0.39, 0.29) is 105 Å². The number of fused-ring (bicyclic) bond motifs is 3. The normalized spacial score (nSPS) is 21.2. The molecule has 3 atom stereocenters. The fraction of sp³-hybridized carbons (Fsp3) is 0.435. The molecule has 0 bridgehead atoms. The average molecular weight is 1430 g/mol. The molecule has 3 N–H and O–H groups in total. The third-order valence-corrected chi connectivity index (χ3v) is 22.6. The molecule has 3 amide bonds. The van der Waals surface area contributed by atoms with Gasteiger partial charge in [0.15, 0.2) is 29.5 Å². The number of halogens is 6. The lowest BCUT2D eigenvalue weighted by molar-refractivity contribution is -0.122. The quantitative estimate of drug-likeness (QED) is 0.0564. The average Bonchev–Trinajstić information content (AvgIpc) is 1.68. The van der Waals surface area contributed by atoms with Crippen molar-refractivity contribution in [2.75, 3.05) is 55.9 Å². The molecule has 30 heteroatoms. The van der Waals surface area contributed by atoms with Crippen molar-refractivity contribution in [1.29, 1.82) is 0 Å². The molecule has 0 saturated heterocycles. The second kappa shape index (κ2) is 24.6. The lowest BCUT2D eigenvalue weighted by atomic mass is 10.1. The maximum Gasteiger partial charge on any atom is 0.258 e. The van der Waals surface area contributed by atoms with Crippen LogP contribution in [0.2, 0.25) is 0 Å². The summed E-state index contributed by atoms with van der Waals surface area (Å²) in [6, 6.07) is 20.0. The summed E-state index contributed by atoms with van der Waals surface area (Å²) in [7, 11) is -5.91. The van der Waals surface area contributed by atoms with E-state index >= 15 is 0 Å². The molecule has 6 aromatic rings. The number of sulfone groups is 3. The van der Waals surface area contributed by atoms with Crippen LogP contribution in [0.15, 0.2) is 87.5 Å². The maximum absolute atomic E-state index is 13.3. The van der Waals surface area contributed by atoms with Crippen LogP contribution in [0.3, 0.4) is 0 Å². The number of anilines is 6. The monoisotopic (exact) mass is 1430 g/mol.